The van der Waals surface area contributed by atoms with Crippen molar-refractivity contribution in [3.63, 3.8) is 0 Å². The fraction of sp³-hybridized carbons (Fsp3) is 0.185. The first-order valence-corrected chi connectivity index (χ1v) is 11.2. The quantitative estimate of drug-likeness (QED) is 0.419. The largest absolute Gasteiger partial charge is 0.388 e. The van der Waals surface area contributed by atoms with Crippen LogP contribution in [0.25, 0.3) is 22.0 Å². The van der Waals surface area contributed by atoms with E-state index < -0.39 is 12.4 Å². The van der Waals surface area contributed by atoms with Gasteiger partial charge < -0.3 is 10.4 Å². The van der Waals surface area contributed by atoms with Crippen molar-refractivity contribution < 1.29 is 14.7 Å². The van der Waals surface area contributed by atoms with Crippen molar-refractivity contribution in [3.05, 3.63) is 100 Å². The zero-order valence-corrected chi connectivity index (χ0v) is 18.4. The molecule has 2 N–H and O–H groups in total. The number of amides is 1. The first-order valence-electron chi connectivity index (χ1n) is 11.2. The van der Waals surface area contributed by atoms with E-state index in [1.807, 2.05) is 42.5 Å². The second-order valence-corrected chi connectivity index (χ2v) is 8.52. The number of aromatic nitrogens is 2. The average molecular weight is 453 g/mol. The van der Waals surface area contributed by atoms with Gasteiger partial charge in [-0.15, -0.1) is 0 Å². The van der Waals surface area contributed by atoms with Crippen molar-refractivity contribution >= 4 is 22.6 Å². The number of nitrogens with one attached hydrogen (secondary N) is 1. The third kappa shape index (κ3) is 4.51. The second kappa shape index (κ2) is 9.03. The molecular formula is C27H23N3O4. The van der Waals surface area contributed by atoms with Gasteiger partial charge in [0.15, 0.2) is 5.78 Å². The van der Waals surface area contributed by atoms with Gasteiger partial charge in [-0.25, -0.2) is 4.98 Å². The Bertz CT molecular complexity index is 1470. The van der Waals surface area contributed by atoms with Gasteiger partial charge >= 0.3 is 0 Å². The molecule has 170 valence electrons. The predicted molar refractivity (Wildman–Crippen MR) is 129 cm³/mol. The van der Waals surface area contributed by atoms with E-state index >= 15 is 0 Å². The lowest BCUT2D eigenvalue weighted by Gasteiger charge is -2.10. The molecule has 1 saturated carbocycles. The molecule has 1 amide bonds. The van der Waals surface area contributed by atoms with E-state index in [9.17, 15) is 14.4 Å². The number of hydrogen-bond acceptors (Lipinski definition) is 5. The average Bonchev–Trinajstić information content (AvgIpc) is 3.69. The Labute approximate surface area is 195 Å². The summed E-state index contributed by atoms with van der Waals surface area (Å²) in [5, 5.41) is 12.5. The maximum Gasteiger partial charge on any atom is 0.261 e. The molecular weight excluding hydrogens is 430 g/mol. The molecule has 1 aliphatic rings. The number of hydrogen-bond donors (Lipinski definition) is 2. The summed E-state index contributed by atoms with van der Waals surface area (Å²) in [7, 11) is 0. The van der Waals surface area contributed by atoms with Gasteiger partial charge in [-0.2, -0.15) is 0 Å². The van der Waals surface area contributed by atoms with Gasteiger partial charge in [0.05, 0.1) is 23.8 Å². The zero-order chi connectivity index (χ0) is 23.7. The van der Waals surface area contributed by atoms with E-state index in [-0.39, 0.29) is 17.0 Å². The molecule has 5 rings (SSSR count). The number of rotatable bonds is 7. The number of carbonyl (C=O) groups excluding carboxylic acids is 2. The van der Waals surface area contributed by atoms with Crippen LogP contribution in [0, 0.1) is 0 Å². The summed E-state index contributed by atoms with van der Waals surface area (Å²) in [6.45, 7) is -0.314. The van der Waals surface area contributed by atoms with Crippen molar-refractivity contribution in [2.45, 2.75) is 25.4 Å². The van der Waals surface area contributed by atoms with Crippen molar-refractivity contribution in [1.29, 1.82) is 0 Å². The molecule has 0 unspecified atom stereocenters. The molecule has 34 heavy (non-hydrogen) atoms. The first-order chi connectivity index (χ1) is 16.5. The topological polar surface area (TPSA) is 101 Å². The first kappa shape index (κ1) is 21.7. The fourth-order valence-corrected chi connectivity index (χ4v) is 3.92. The zero-order valence-electron chi connectivity index (χ0n) is 18.4. The normalized spacial score (nSPS) is 13.1. The minimum absolute atomic E-state index is 0.0617. The highest BCUT2D eigenvalue weighted by Gasteiger charge is 2.23. The summed E-state index contributed by atoms with van der Waals surface area (Å²) in [6.07, 6.45) is 3.57. The molecule has 0 radical (unpaired) electrons. The van der Waals surface area contributed by atoms with Gasteiger partial charge in [0.25, 0.3) is 11.5 Å². The van der Waals surface area contributed by atoms with Gasteiger partial charge in [0.1, 0.15) is 6.61 Å². The lowest BCUT2D eigenvalue weighted by atomic mass is 10.0. The minimum Gasteiger partial charge on any atom is -0.388 e. The lowest BCUT2D eigenvalue weighted by molar-refractivity contribution is 0.0903. The summed E-state index contributed by atoms with van der Waals surface area (Å²) in [4.78, 5) is 41.7. The Morgan fingerprint density at radius 2 is 1.74 bits per heavy atom. The molecule has 4 aromatic rings. The van der Waals surface area contributed by atoms with Gasteiger partial charge in [-0.3, -0.25) is 19.0 Å². The van der Waals surface area contributed by atoms with E-state index in [2.05, 4.69) is 10.3 Å². The number of Topliss-reactive ketones (excluding diaryl/α,β-unsaturated/α-hetero) is 1. The number of nitrogens with zero attached hydrogens (tertiary/aromatic N) is 2. The Morgan fingerprint density at radius 1 is 0.971 bits per heavy atom. The summed E-state index contributed by atoms with van der Waals surface area (Å²) in [6, 6.07) is 20.2. The summed E-state index contributed by atoms with van der Waals surface area (Å²) >= 11 is 0. The number of aliphatic hydroxyl groups is 1. The van der Waals surface area contributed by atoms with Gasteiger partial charge in [0.2, 0.25) is 0 Å². The van der Waals surface area contributed by atoms with Crippen LogP contribution in [0.15, 0.2) is 77.9 Å². The highest BCUT2D eigenvalue weighted by atomic mass is 16.3. The molecule has 1 heterocycles. The van der Waals surface area contributed by atoms with E-state index in [4.69, 9.17) is 5.11 Å². The summed E-state index contributed by atoms with van der Waals surface area (Å²) in [5.74, 6) is -0.509. The highest BCUT2D eigenvalue weighted by molar-refractivity contribution is 6.00. The fourth-order valence-electron chi connectivity index (χ4n) is 3.92. The molecule has 0 saturated heterocycles. The molecule has 7 heteroatoms. The smallest absolute Gasteiger partial charge is 0.261 e. The maximum absolute atomic E-state index is 13.1. The summed E-state index contributed by atoms with van der Waals surface area (Å²) in [5.41, 5.74) is 3.89. The van der Waals surface area contributed by atoms with Crippen LogP contribution in [0.1, 0.15) is 39.1 Å². The lowest BCUT2D eigenvalue weighted by Crippen LogP contribution is -2.25. The van der Waals surface area contributed by atoms with Crippen LogP contribution < -0.4 is 10.9 Å². The van der Waals surface area contributed by atoms with E-state index in [0.717, 1.165) is 29.5 Å². The third-order valence-electron chi connectivity index (χ3n) is 5.94. The van der Waals surface area contributed by atoms with Crippen LogP contribution >= 0.6 is 0 Å². The molecule has 0 bridgehead atoms. The van der Waals surface area contributed by atoms with Gasteiger partial charge in [0, 0.05) is 17.2 Å². The highest BCUT2D eigenvalue weighted by Crippen LogP contribution is 2.24. The SMILES string of the molecule is O=C(CO)c1ccc2ncn(Cc3cccc(-c4cccc(C(=O)NC5CC5)c4)c3)c(=O)c2c1. The Morgan fingerprint density at radius 3 is 2.50 bits per heavy atom. The maximum atomic E-state index is 13.1. The number of carbonyl (C=O) groups is 2. The molecule has 3 aromatic carbocycles. The number of fused-ring (bicyclic) bond motifs is 1. The standard InChI is InChI=1S/C27H23N3O4/c31-15-25(32)20-7-10-24-23(13-20)27(34)30(16-28-24)14-17-3-1-4-18(11-17)19-5-2-6-21(12-19)26(33)29-22-8-9-22/h1-7,10-13,16,22,31H,8-9,14-15H2,(H,29,33). The third-order valence-corrected chi connectivity index (χ3v) is 5.94. The monoisotopic (exact) mass is 453 g/mol. The number of benzene rings is 3. The Kier molecular flexibility index (Phi) is 5.77. The molecule has 1 aliphatic carbocycles. The van der Waals surface area contributed by atoms with Crippen molar-refractivity contribution in [1.82, 2.24) is 14.9 Å². The Balaban J connectivity index is 1.43. The van der Waals surface area contributed by atoms with Crippen LogP contribution in [0.3, 0.4) is 0 Å². The molecule has 0 atom stereocenters. The number of ketones is 1. The van der Waals surface area contributed by atoms with Gasteiger partial charge in [-0.05, 0) is 65.9 Å². The molecule has 0 spiro atoms. The second-order valence-electron chi connectivity index (χ2n) is 8.52. The van der Waals surface area contributed by atoms with Gasteiger partial charge in [-0.1, -0.05) is 30.3 Å². The van der Waals surface area contributed by atoms with Crippen LogP contribution in [0.2, 0.25) is 0 Å². The molecule has 1 aromatic heterocycles. The number of aliphatic hydroxyl groups excluding tert-OH is 1. The van der Waals surface area contributed by atoms with Crippen LogP contribution in [-0.4, -0.2) is 39.0 Å². The molecule has 0 aliphatic heterocycles. The predicted octanol–water partition coefficient (Wildman–Crippen LogP) is 3.18. The summed E-state index contributed by atoms with van der Waals surface area (Å²) < 4.78 is 1.49. The molecule has 1 fully saturated rings. The van der Waals surface area contributed by atoms with Crippen LogP contribution in [0.5, 0.6) is 0 Å². The molecule has 7 nitrogen and oxygen atoms in total. The minimum atomic E-state index is -0.615. The van der Waals surface area contributed by atoms with Crippen molar-refractivity contribution in [3.8, 4) is 11.1 Å². The van der Waals surface area contributed by atoms with E-state index in [0.29, 0.717) is 29.1 Å². The van der Waals surface area contributed by atoms with E-state index in [1.54, 1.807) is 18.2 Å². The van der Waals surface area contributed by atoms with Crippen molar-refractivity contribution in [2.24, 2.45) is 0 Å². The van der Waals surface area contributed by atoms with Crippen LogP contribution in [-0.2, 0) is 6.54 Å². The van der Waals surface area contributed by atoms with E-state index in [1.165, 1.54) is 17.0 Å². The Hall–Kier alpha value is -4.10. The van der Waals surface area contributed by atoms with Crippen molar-refractivity contribution in [2.75, 3.05) is 6.61 Å². The van der Waals surface area contributed by atoms with Crippen LogP contribution in [0.4, 0.5) is 0 Å².